The molecule has 1 aliphatic carbocycles. The third-order valence-electron chi connectivity index (χ3n) is 4.43. The Labute approximate surface area is 154 Å². The molecule has 0 aliphatic heterocycles. The van der Waals surface area contributed by atoms with Gasteiger partial charge in [0.05, 0.1) is 6.04 Å². The van der Waals surface area contributed by atoms with Crippen LogP contribution in [0.4, 0.5) is 18.0 Å². The van der Waals surface area contributed by atoms with E-state index in [0.29, 0.717) is 11.5 Å². The lowest BCUT2D eigenvalue weighted by Crippen LogP contribution is -2.37. The van der Waals surface area contributed by atoms with E-state index >= 15 is 0 Å². The van der Waals surface area contributed by atoms with Crippen molar-refractivity contribution < 1.29 is 22.7 Å². The number of aromatic nitrogens is 1. The molecule has 2 aromatic rings. The van der Waals surface area contributed by atoms with Gasteiger partial charge < -0.3 is 15.4 Å². The number of amides is 2. The largest absolute Gasteiger partial charge is 0.468 e. The van der Waals surface area contributed by atoms with E-state index in [4.69, 9.17) is 0 Å². The normalized spacial score (nSPS) is 18.7. The van der Waals surface area contributed by atoms with Crippen LogP contribution in [-0.4, -0.2) is 23.8 Å². The van der Waals surface area contributed by atoms with Gasteiger partial charge in [-0.05, 0) is 35.1 Å². The van der Waals surface area contributed by atoms with Crippen LogP contribution in [0.5, 0.6) is 5.88 Å². The number of rotatable bonds is 5. The molecule has 27 heavy (non-hydrogen) atoms. The monoisotopic (exact) mass is 379 g/mol. The highest BCUT2D eigenvalue weighted by molar-refractivity contribution is 5.74. The average Bonchev–Trinajstić information content (AvgIpc) is 2.94. The Bertz CT molecular complexity index is 811. The number of hydrogen-bond acceptors (Lipinski definition) is 3. The van der Waals surface area contributed by atoms with Crippen molar-refractivity contribution in [3.05, 3.63) is 59.3 Å². The number of carbonyl (C=O) groups is 1. The second kappa shape index (κ2) is 7.85. The van der Waals surface area contributed by atoms with Gasteiger partial charge in [-0.25, -0.2) is 9.78 Å². The molecule has 0 bridgehead atoms. The van der Waals surface area contributed by atoms with Crippen molar-refractivity contribution in [3.63, 3.8) is 0 Å². The number of fused-ring (bicyclic) bond motifs is 1. The summed E-state index contributed by atoms with van der Waals surface area (Å²) in [7, 11) is 0. The van der Waals surface area contributed by atoms with Crippen LogP contribution in [0.1, 0.15) is 42.0 Å². The van der Waals surface area contributed by atoms with Crippen molar-refractivity contribution >= 4 is 6.03 Å². The predicted octanol–water partition coefficient (Wildman–Crippen LogP) is 4.07. The molecule has 0 radical (unpaired) electrons. The van der Waals surface area contributed by atoms with Crippen LogP contribution >= 0.6 is 0 Å². The van der Waals surface area contributed by atoms with Crippen molar-refractivity contribution in [2.24, 2.45) is 0 Å². The number of urea groups is 1. The van der Waals surface area contributed by atoms with Crippen LogP contribution in [0.25, 0.3) is 0 Å². The van der Waals surface area contributed by atoms with E-state index in [1.165, 1.54) is 17.8 Å². The van der Waals surface area contributed by atoms with Gasteiger partial charge in [-0.3, -0.25) is 0 Å². The molecule has 2 amide bonds. The molecule has 5 nitrogen and oxygen atoms in total. The quantitative estimate of drug-likeness (QED) is 0.823. The molecule has 1 aromatic heterocycles. The average molecular weight is 379 g/mol. The summed E-state index contributed by atoms with van der Waals surface area (Å²) in [6.45, 7) is 0.870. The van der Waals surface area contributed by atoms with Crippen LogP contribution in [0, 0.1) is 0 Å². The Morgan fingerprint density at radius 1 is 1.26 bits per heavy atom. The Morgan fingerprint density at radius 3 is 2.74 bits per heavy atom. The molecule has 0 spiro atoms. The molecule has 0 saturated carbocycles. The summed E-state index contributed by atoms with van der Waals surface area (Å²) in [6.07, 6.45) is -2.25. The highest BCUT2D eigenvalue weighted by Crippen LogP contribution is 2.39. The zero-order chi connectivity index (χ0) is 19.4. The Kier molecular flexibility index (Phi) is 5.53. The number of pyridine rings is 1. The molecule has 0 fully saturated rings. The Hall–Kier alpha value is -2.77. The number of nitrogens with one attached hydrogen (secondary N) is 2. The second-order valence-electron chi connectivity index (χ2n) is 6.55. The first-order valence-corrected chi connectivity index (χ1v) is 8.59. The van der Waals surface area contributed by atoms with Gasteiger partial charge in [0, 0.05) is 18.8 Å². The van der Waals surface area contributed by atoms with Gasteiger partial charge in [-0.1, -0.05) is 31.2 Å². The molecule has 1 aliphatic rings. The summed E-state index contributed by atoms with van der Waals surface area (Å²) in [4.78, 5) is 15.9. The molecule has 1 aromatic carbocycles. The van der Waals surface area contributed by atoms with Gasteiger partial charge in [0.2, 0.25) is 5.88 Å². The molecule has 1 heterocycles. The maximum atomic E-state index is 12.2. The number of benzene rings is 1. The van der Waals surface area contributed by atoms with Gasteiger partial charge in [0.25, 0.3) is 0 Å². The van der Waals surface area contributed by atoms with E-state index in [-0.39, 0.29) is 24.5 Å². The van der Waals surface area contributed by atoms with Crippen LogP contribution in [0.15, 0.2) is 42.6 Å². The molecule has 2 N–H and O–H groups in total. The highest BCUT2D eigenvalue weighted by Gasteiger charge is 2.29. The third kappa shape index (κ3) is 5.12. The van der Waals surface area contributed by atoms with E-state index in [1.54, 1.807) is 6.07 Å². The topological polar surface area (TPSA) is 63.2 Å². The van der Waals surface area contributed by atoms with Crippen molar-refractivity contribution in [1.29, 1.82) is 0 Å². The first kappa shape index (κ1) is 19.0. The number of nitrogens with zero attached hydrogens (tertiary/aromatic N) is 1. The number of halogens is 3. The summed E-state index contributed by atoms with van der Waals surface area (Å²) in [6, 6.07) is 10.6. The first-order chi connectivity index (χ1) is 12.8. The van der Waals surface area contributed by atoms with Crippen LogP contribution < -0.4 is 15.4 Å². The van der Waals surface area contributed by atoms with Crippen molar-refractivity contribution in [3.8, 4) is 5.88 Å². The molecule has 144 valence electrons. The van der Waals surface area contributed by atoms with Gasteiger partial charge in [0.1, 0.15) is 0 Å². The number of ether oxygens (including phenoxy) is 1. The van der Waals surface area contributed by atoms with Gasteiger partial charge in [-0.15, -0.1) is 0 Å². The van der Waals surface area contributed by atoms with E-state index in [1.807, 2.05) is 18.2 Å². The summed E-state index contributed by atoms with van der Waals surface area (Å²) < 4.78 is 41.2. The maximum Gasteiger partial charge on any atom is 0.422 e. The first-order valence-electron chi connectivity index (χ1n) is 8.59. The summed E-state index contributed by atoms with van der Waals surface area (Å²) in [5, 5.41) is 5.67. The summed E-state index contributed by atoms with van der Waals surface area (Å²) in [5.74, 6) is 0.241. The predicted molar refractivity (Wildman–Crippen MR) is 93.4 cm³/mol. The Morgan fingerprint density at radius 2 is 2.00 bits per heavy atom. The standard InChI is InChI=1S/C19H20F3N3O2/c1-12-8-16(15-5-3-2-4-14(12)15)25-18(26)24-10-13-6-7-23-17(9-13)27-11-19(20,21)22/h2-7,9,12,16H,8,10-11H2,1H3,(H2,24,25,26). The lowest BCUT2D eigenvalue weighted by atomic mass is 10.0. The summed E-state index contributed by atoms with van der Waals surface area (Å²) in [5.41, 5.74) is 2.95. The van der Waals surface area contributed by atoms with E-state index in [9.17, 15) is 18.0 Å². The van der Waals surface area contributed by atoms with Crippen LogP contribution in [0.2, 0.25) is 0 Å². The van der Waals surface area contributed by atoms with Crippen LogP contribution in [0.3, 0.4) is 0 Å². The summed E-state index contributed by atoms with van der Waals surface area (Å²) >= 11 is 0. The zero-order valence-electron chi connectivity index (χ0n) is 14.7. The number of carbonyl (C=O) groups excluding carboxylic acids is 1. The van der Waals surface area contributed by atoms with Gasteiger partial charge >= 0.3 is 12.2 Å². The SMILES string of the molecule is CC1CC(NC(=O)NCc2ccnc(OCC(F)(F)F)c2)c2ccccc21. The van der Waals surface area contributed by atoms with E-state index < -0.39 is 12.8 Å². The maximum absolute atomic E-state index is 12.2. The minimum atomic E-state index is -4.43. The number of hydrogen-bond donors (Lipinski definition) is 2. The Balaban J connectivity index is 1.53. The molecule has 2 unspecified atom stereocenters. The third-order valence-corrected chi connectivity index (χ3v) is 4.43. The zero-order valence-corrected chi connectivity index (χ0v) is 14.7. The fraction of sp³-hybridized carbons (Fsp3) is 0.368. The molecular formula is C19H20F3N3O2. The number of alkyl halides is 3. The van der Waals surface area contributed by atoms with E-state index in [2.05, 4.69) is 33.3 Å². The van der Waals surface area contributed by atoms with Crippen molar-refractivity contribution in [2.75, 3.05) is 6.61 Å². The van der Waals surface area contributed by atoms with Gasteiger partial charge in [-0.2, -0.15) is 13.2 Å². The lowest BCUT2D eigenvalue weighted by molar-refractivity contribution is -0.154. The lowest BCUT2D eigenvalue weighted by Gasteiger charge is -2.15. The fourth-order valence-corrected chi connectivity index (χ4v) is 3.21. The van der Waals surface area contributed by atoms with Crippen LogP contribution in [-0.2, 0) is 6.54 Å². The second-order valence-corrected chi connectivity index (χ2v) is 6.55. The molecule has 2 atom stereocenters. The minimum Gasteiger partial charge on any atom is -0.468 e. The van der Waals surface area contributed by atoms with Gasteiger partial charge in [0.15, 0.2) is 6.61 Å². The highest BCUT2D eigenvalue weighted by atomic mass is 19.4. The smallest absolute Gasteiger partial charge is 0.422 e. The molecule has 0 saturated heterocycles. The minimum absolute atomic E-state index is 0.0562. The van der Waals surface area contributed by atoms with Crippen molar-refractivity contribution in [2.45, 2.75) is 38.0 Å². The molecular weight excluding hydrogens is 359 g/mol. The molecule has 8 heteroatoms. The van der Waals surface area contributed by atoms with E-state index in [0.717, 1.165) is 12.0 Å². The van der Waals surface area contributed by atoms with Crippen molar-refractivity contribution in [1.82, 2.24) is 15.6 Å². The fourth-order valence-electron chi connectivity index (χ4n) is 3.21. The molecule has 3 rings (SSSR count).